The third-order valence-electron chi connectivity index (χ3n) is 7.56. The van der Waals surface area contributed by atoms with Gasteiger partial charge in [-0.05, 0) is 80.0 Å². The van der Waals surface area contributed by atoms with E-state index >= 15 is 0 Å². The molecule has 1 aromatic heterocycles. The Kier molecular flexibility index (Phi) is 6.04. The van der Waals surface area contributed by atoms with E-state index in [0.29, 0.717) is 11.5 Å². The molecule has 2 aromatic carbocycles. The number of ether oxygens (including phenoxy) is 1. The van der Waals surface area contributed by atoms with Gasteiger partial charge in [-0.15, -0.1) is 0 Å². The number of furan rings is 1. The standard InChI is InChI=1S/C30H32N2O4/c1-20-5-4-6-23(17-20)28-26-18-24(10-9-21(26)13-16-32(28)29(33)22-7-8-22)35-19-25-11-12-27(36-25)30(34)31-14-2-3-15-31/h4-6,9-12,17-18,22,28H,2-3,7-8,13-16,19H2,1H3/t28-/m0/s1. The van der Waals surface area contributed by atoms with Gasteiger partial charge >= 0.3 is 0 Å². The lowest BCUT2D eigenvalue weighted by Crippen LogP contribution is -2.41. The number of aryl methyl sites for hydroxylation is 1. The fraction of sp³-hybridized carbons (Fsp3) is 0.400. The van der Waals surface area contributed by atoms with Gasteiger partial charge in [0.05, 0.1) is 6.04 Å². The maximum atomic E-state index is 13.2. The highest BCUT2D eigenvalue weighted by molar-refractivity contribution is 5.91. The molecule has 6 rings (SSSR count). The molecule has 3 heterocycles. The first-order valence-electron chi connectivity index (χ1n) is 13.1. The predicted molar refractivity (Wildman–Crippen MR) is 136 cm³/mol. The summed E-state index contributed by atoms with van der Waals surface area (Å²) in [7, 11) is 0. The van der Waals surface area contributed by atoms with E-state index in [4.69, 9.17) is 9.15 Å². The van der Waals surface area contributed by atoms with E-state index in [0.717, 1.165) is 68.6 Å². The summed E-state index contributed by atoms with van der Waals surface area (Å²) in [6, 6.07) is 18.1. The smallest absolute Gasteiger partial charge is 0.289 e. The normalized spacial score (nSPS) is 19.3. The zero-order valence-electron chi connectivity index (χ0n) is 20.7. The van der Waals surface area contributed by atoms with Gasteiger partial charge in [-0.3, -0.25) is 9.59 Å². The van der Waals surface area contributed by atoms with E-state index in [-0.39, 0.29) is 30.4 Å². The summed E-state index contributed by atoms with van der Waals surface area (Å²) >= 11 is 0. The highest BCUT2D eigenvalue weighted by atomic mass is 16.5. The van der Waals surface area contributed by atoms with Crippen molar-refractivity contribution in [3.63, 3.8) is 0 Å². The Morgan fingerprint density at radius 1 is 1.00 bits per heavy atom. The van der Waals surface area contributed by atoms with Crippen LogP contribution in [-0.4, -0.2) is 41.2 Å². The molecule has 0 radical (unpaired) electrons. The van der Waals surface area contributed by atoms with Gasteiger partial charge in [0.2, 0.25) is 5.91 Å². The van der Waals surface area contributed by atoms with Crippen LogP contribution in [0.25, 0.3) is 0 Å². The molecule has 6 heteroatoms. The first kappa shape index (κ1) is 22.9. The molecule has 36 heavy (non-hydrogen) atoms. The monoisotopic (exact) mass is 484 g/mol. The average Bonchev–Trinajstić information content (AvgIpc) is 3.38. The molecule has 2 amide bonds. The van der Waals surface area contributed by atoms with Gasteiger partial charge in [0.1, 0.15) is 18.1 Å². The number of carbonyl (C=O) groups is 2. The van der Waals surface area contributed by atoms with Gasteiger partial charge in [-0.25, -0.2) is 0 Å². The van der Waals surface area contributed by atoms with Crippen molar-refractivity contribution in [3.8, 4) is 5.75 Å². The number of hydrogen-bond donors (Lipinski definition) is 0. The van der Waals surface area contributed by atoms with E-state index in [1.807, 2.05) is 17.0 Å². The number of amides is 2. The number of hydrogen-bond acceptors (Lipinski definition) is 4. The molecule has 0 bridgehead atoms. The minimum absolute atomic E-state index is 0.0473. The molecule has 1 saturated carbocycles. The maximum absolute atomic E-state index is 13.2. The Hall–Kier alpha value is -3.54. The molecule has 1 aliphatic carbocycles. The topological polar surface area (TPSA) is 63.0 Å². The summed E-state index contributed by atoms with van der Waals surface area (Å²) in [5, 5.41) is 0. The summed E-state index contributed by atoms with van der Waals surface area (Å²) in [5.41, 5.74) is 4.70. The molecule has 0 spiro atoms. The highest BCUT2D eigenvalue weighted by Gasteiger charge is 2.39. The molecule has 3 aliphatic rings. The third-order valence-corrected chi connectivity index (χ3v) is 7.56. The Balaban J connectivity index is 1.23. The first-order chi connectivity index (χ1) is 17.6. The molecule has 2 fully saturated rings. The van der Waals surface area contributed by atoms with Crippen LogP contribution in [0, 0.1) is 12.8 Å². The van der Waals surface area contributed by atoms with E-state index in [9.17, 15) is 9.59 Å². The largest absolute Gasteiger partial charge is 0.486 e. The van der Waals surface area contributed by atoms with Crippen LogP contribution in [0.4, 0.5) is 0 Å². The SMILES string of the molecule is Cc1cccc([C@H]2c3cc(OCc4ccc(C(=O)N5CCCC5)o4)ccc3CCN2C(=O)C2CC2)c1. The van der Waals surface area contributed by atoms with Crippen LogP contribution >= 0.6 is 0 Å². The van der Waals surface area contributed by atoms with Crippen molar-refractivity contribution in [2.75, 3.05) is 19.6 Å². The lowest BCUT2D eigenvalue weighted by Gasteiger charge is -2.38. The highest BCUT2D eigenvalue weighted by Crippen LogP contribution is 2.41. The Bertz CT molecular complexity index is 1290. The van der Waals surface area contributed by atoms with Crippen molar-refractivity contribution in [3.05, 3.63) is 88.4 Å². The van der Waals surface area contributed by atoms with E-state index in [1.165, 1.54) is 11.1 Å². The van der Waals surface area contributed by atoms with Gasteiger partial charge in [-0.2, -0.15) is 0 Å². The second-order valence-electron chi connectivity index (χ2n) is 10.3. The molecular formula is C30H32N2O4. The molecule has 6 nitrogen and oxygen atoms in total. The number of nitrogens with zero attached hydrogens (tertiary/aromatic N) is 2. The van der Waals surface area contributed by atoms with E-state index < -0.39 is 0 Å². The Morgan fingerprint density at radius 2 is 1.83 bits per heavy atom. The average molecular weight is 485 g/mol. The molecule has 1 saturated heterocycles. The molecule has 3 aromatic rings. The van der Waals surface area contributed by atoms with Crippen LogP contribution in [0.3, 0.4) is 0 Å². The minimum atomic E-state index is -0.112. The number of carbonyl (C=O) groups excluding carboxylic acids is 2. The molecule has 186 valence electrons. The van der Waals surface area contributed by atoms with Crippen LogP contribution in [0.2, 0.25) is 0 Å². The van der Waals surface area contributed by atoms with Gasteiger partial charge in [0, 0.05) is 25.6 Å². The van der Waals surface area contributed by atoms with E-state index in [2.05, 4.69) is 48.2 Å². The van der Waals surface area contributed by atoms with Crippen molar-refractivity contribution in [1.82, 2.24) is 9.80 Å². The van der Waals surface area contributed by atoms with Crippen LogP contribution < -0.4 is 4.74 Å². The quantitative estimate of drug-likeness (QED) is 0.477. The third kappa shape index (κ3) is 4.52. The summed E-state index contributed by atoms with van der Waals surface area (Å²) in [5.74, 6) is 2.12. The van der Waals surface area contributed by atoms with Crippen LogP contribution in [0.5, 0.6) is 5.75 Å². The summed E-state index contributed by atoms with van der Waals surface area (Å²) in [6.45, 7) is 4.66. The van der Waals surface area contributed by atoms with Crippen molar-refractivity contribution in [1.29, 1.82) is 0 Å². The van der Waals surface area contributed by atoms with Crippen molar-refractivity contribution < 1.29 is 18.7 Å². The van der Waals surface area contributed by atoms with Crippen LogP contribution in [0.15, 0.2) is 59.0 Å². The Morgan fingerprint density at radius 3 is 2.61 bits per heavy atom. The van der Waals surface area contributed by atoms with Crippen LogP contribution in [0.1, 0.15) is 70.3 Å². The zero-order chi connectivity index (χ0) is 24.6. The number of benzene rings is 2. The maximum Gasteiger partial charge on any atom is 0.289 e. The molecule has 1 atom stereocenters. The second kappa shape index (κ2) is 9.49. The summed E-state index contributed by atoms with van der Waals surface area (Å²) in [4.78, 5) is 29.7. The fourth-order valence-electron chi connectivity index (χ4n) is 5.49. The first-order valence-corrected chi connectivity index (χ1v) is 13.1. The second-order valence-corrected chi connectivity index (χ2v) is 10.3. The lowest BCUT2D eigenvalue weighted by atomic mass is 9.87. The Labute approximate surface area is 211 Å². The number of likely N-dealkylation sites (tertiary alicyclic amines) is 1. The van der Waals surface area contributed by atoms with Gasteiger partial charge < -0.3 is 19.0 Å². The van der Waals surface area contributed by atoms with Crippen molar-refractivity contribution in [2.24, 2.45) is 5.92 Å². The number of rotatable bonds is 6. The molecule has 0 unspecified atom stereocenters. The van der Waals surface area contributed by atoms with Gasteiger partial charge in [-0.1, -0.05) is 35.9 Å². The zero-order valence-corrected chi connectivity index (χ0v) is 20.7. The predicted octanol–water partition coefficient (Wildman–Crippen LogP) is 5.29. The molecule has 2 aliphatic heterocycles. The molecule has 0 N–H and O–H groups in total. The van der Waals surface area contributed by atoms with Crippen molar-refractivity contribution >= 4 is 11.8 Å². The van der Waals surface area contributed by atoms with E-state index in [1.54, 1.807) is 6.07 Å². The summed E-state index contributed by atoms with van der Waals surface area (Å²) in [6.07, 6.45) is 4.94. The minimum Gasteiger partial charge on any atom is -0.486 e. The van der Waals surface area contributed by atoms with Gasteiger partial charge in [0.15, 0.2) is 5.76 Å². The molecular weight excluding hydrogens is 452 g/mol. The fourth-order valence-corrected chi connectivity index (χ4v) is 5.49. The lowest BCUT2D eigenvalue weighted by molar-refractivity contribution is -0.134. The number of fused-ring (bicyclic) bond motifs is 1. The summed E-state index contributed by atoms with van der Waals surface area (Å²) < 4.78 is 11.9. The van der Waals surface area contributed by atoms with Crippen LogP contribution in [-0.2, 0) is 17.8 Å². The van der Waals surface area contributed by atoms with Crippen molar-refractivity contribution in [2.45, 2.75) is 51.7 Å². The van der Waals surface area contributed by atoms with Gasteiger partial charge in [0.25, 0.3) is 5.91 Å².